The number of rotatable bonds is 8. The van der Waals surface area contributed by atoms with Crippen LogP contribution in [0.1, 0.15) is 27.6 Å². The molecule has 1 unspecified atom stereocenters. The lowest BCUT2D eigenvalue weighted by atomic mass is 10.0. The first-order valence-electron chi connectivity index (χ1n) is 10.5. The third kappa shape index (κ3) is 5.57. The summed E-state index contributed by atoms with van der Waals surface area (Å²) in [7, 11) is 0. The molecular weight excluding hydrogens is 487 g/mol. The number of anilines is 1. The molecule has 0 saturated carbocycles. The molecule has 0 aliphatic heterocycles. The number of benzene rings is 2. The molecular formula is C23H23ClF3N5O3. The lowest BCUT2D eigenvalue weighted by molar-refractivity contribution is -0.259. The minimum absolute atomic E-state index is 0.00863. The van der Waals surface area contributed by atoms with Gasteiger partial charge in [-0.05, 0) is 31.2 Å². The van der Waals surface area contributed by atoms with Crippen LogP contribution in [0.5, 0.6) is 0 Å². The van der Waals surface area contributed by atoms with Gasteiger partial charge in [0.1, 0.15) is 11.4 Å². The van der Waals surface area contributed by atoms with Gasteiger partial charge in [0.15, 0.2) is 5.60 Å². The van der Waals surface area contributed by atoms with Crippen LogP contribution in [-0.4, -0.2) is 63.0 Å². The van der Waals surface area contributed by atoms with Gasteiger partial charge in [-0.15, -0.1) is 0 Å². The van der Waals surface area contributed by atoms with Crippen LogP contribution in [0.2, 0.25) is 5.02 Å². The van der Waals surface area contributed by atoms with Crippen molar-refractivity contribution in [2.24, 2.45) is 0 Å². The zero-order chi connectivity index (χ0) is 25.8. The van der Waals surface area contributed by atoms with Crippen molar-refractivity contribution in [3.63, 3.8) is 0 Å². The number of carbonyl (C=O) groups is 2. The van der Waals surface area contributed by atoms with Crippen molar-refractivity contribution >= 4 is 29.2 Å². The molecule has 0 aliphatic rings. The molecule has 1 atom stereocenters. The van der Waals surface area contributed by atoms with Gasteiger partial charge in [-0.3, -0.25) is 9.59 Å². The summed E-state index contributed by atoms with van der Waals surface area (Å²) in [6, 6.07) is 14.5. The van der Waals surface area contributed by atoms with Crippen LogP contribution in [0.15, 0.2) is 60.8 Å². The summed E-state index contributed by atoms with van der Waals surface area (Å²) < 4.78 is 42.9. The van der Waals surface area contributed by atoms with Crippen LogP contribution in [-0.2, 0) is 0 Å². The predicted molar refractivity (Wildman–Crippen MR) is 124 cm³/mol. The number of nitrogen functional groups attached to an aromatic ring is 1. The van der Waals surface area contributed by atoms with E-state index in [2.05, 4.69) is 10.4 Å². The summed E-state index contributed by atoms with van der Waals surface area (Å²) in [5, 5.41) is 16.7. The van der Waals surface area contributed by atoms with Gasteiger partial charge in [-0.2, -0.15) is 18.3 Å². The number of aliphatic hydroxyl groups is 1. The second-order valence-corrected chi connectivity index (χ2v) is 8.11. The first-order valence-corrected chi connectivity index (χ1v) is 10.9. The van der Waals surface area contributed by atoms with E-state index in [-0.39, 0.29) is 28.5 Å². The van der Waals surface area contributed by atoms with E-state index in [0.29, 0.717) is 5.69 Å². The number of aromatic nitrogens is 2. The van der Waals surface area contributed by atoms with E-state index in [1.54, 1.807) is 36.4 Å². The van der Waals surface area contributed by atoms with E-state index in [1.165, 1.54) is 29.8 Å². The van der Waals surface area contributed by atoms with Crippen molar-refractivity contribution in [1.82, 2.24) is 20.0 Å². The normalized spacial score (nSPS) is 13.2. The maximum atomic E-state index is 13.9. The van der Waals surface area contributed by atoms with Crippen LogP contribution in [0.4, 0.5) is 19.0 Å². The minimum atomic E-state index is -5.17. The fourth-order valence-electron chi connectivity index (χ4n) is 3.32. The van der Waals surface area contributed by atoms with Crippen LogP contribution < -0.4 is 11.1 Å². The number of halogens is 4. The van der Waals surface area contributed by atoms with E-state index in [0.717, 1.165) is 11.1 Å². The standard InChI is InChI=1S/C23H23ClF3N5O3/c1-2-31(21(34)16-10-6-7-11-18(16)24)14-22(35,23(25,26)27)13-29-20(33)17-12-30-32(19(17)28)15-8-4-3-5-9-15/h3-12,35H,2,13-14,28H2,1H3,(H,29,33). The first-order chi connectivity index (χ1) is 16.5. The second-order valence-electron chi connectivity index (χ2n) is 7.70. The largest absolute Gasteiger partial charge is 0.420 e. The Bertz CT molecular complexity index is 1200. The van der Waals surface area contributed by atoms with Gasteiger partial charge in [0.2, 0.25) is 0 Å². The van der Waals surface area contributed by atoms with Crippen LogP contribution in [0, 0.1) is 0 Å². The molecule has 2 aromatic carbocycles. The molecule has 2 amide bonds. The number of para-hydroxylation sites is 1. The Morgan fingerprint density at radius 1 is 1.11 bits per heavy atom. The molecule has 12 heteroatoms. The number of nitrogens with two attached hydrogens (primary N) is 1. The van der Waals surface area contributed by atoms with E-state index < -0.39 is 36.7 Å². The van der Waals surface area contributed by atoms with Crippen molar-refractivity contribution in [3.05, 3.63) is 76.9 Å². The van der Waals surface area contributed by atoms with E-state index in [1.807, 2.05) is 0 Å². The Kier molecular flexibility index (Phi) is 7.71. The molecule has 35 heavy (non-hydrogen) atoms. The molecule has 8 nitrogen and oxygen atoms in total. The van der Waals surface area contributed by atoms with Gasteiger partial charge in [0.25, 0.3) is 11.8 Å². The lowest BCUT2D eigenvalue weighted by Crippen LogP contribution is -2.60. The summed E-state index contributed by atoms with van der Waals surface area (Å²) in [5.74, 6) is -1.85. The third-order valence-corrected chi connectivity index (χ3v) is 5.68. The van der Waals surface area contributed by atoms with Gasteiger partial charge < -0.3 is 21.1 Å². The molecule has 0 bridgehead atoms. The minimum Gasteiger partial charge on any atom is -0.383 e. The predicted octanol–water partition coefficient (Wildman–Crippen LogP) is 3.29. The smallest absolute Gasteiger partial charge is 0.383 e. The number of hydrogen-bond donors (Lipinski definition) is 3. The molecule has 0 saturated heterocycles. The average Bonchev–Trinajstić information content (AvgIpc) is 3.22. The maximum Gasteiger partial charge on any atom is 0.420 e. The van der Waals surface area contributed by atoms with E-state index in [4.69, 9.17) is 17.3 Å². The van der Waals surface area contributed by atoms with Gasteiger partial charge in [-0.25, -0.2) is 4.68 Å². The molecule has 1 aromatic heterocycles. The number of nitrogens with zero attached hydrogens (tertiary/aromatic N) is 3. The second kappa shape index (κ2) is 10.4. The Morgan fingerprint density at radius 2 is 1.74 bits per heavy atom. The van der Waals surface area contributed by atoms with Crippen molar-refractivity contribution in [1.29, 1.82) is 0 Å². The molecule has 3 rings (SSSR count). The number of nitrogens with one attached hydrogen (secondary N) is 1. The summed E-state index contributed by atoms with van der Waals surface area (Å²) in [6.07, 6.45) is -4.06. The third-order valence-electron chi connectivity index (χ3n) is 5.35. The molecule has 1 heterocycles. The summed E-state index contributed by atoms with van der Waals surface area (Å²) in [5.41, 5.74) is 2.90. The highest BCUT2D eigenvalue weighted by molar-refractivity contribution is 6.33. The van der Waals surface area contributed by atoms with Crippen LogP contribution >= 0.6 is 11.6 Å². The van der Waals surface area contributed by atoms with E-state index >= 15 is 0 Å². The fraction of sp³-hybridized carbons (Fsp3) is 0.261. The van der Waals surface area contributed by atoms with Gasteiger partial charge in [-0.1, -0.05) is 41.9 Å². The molecule has 0 aliphatic carbocycles. The highest BCUT2D eigenvalue weighted by atomic mass is 35.5. The highest BCUT2D eigenvalue weighted by Crippen LogP contribution is 2.32. The van der Waals surface area contributed by atoms with Gasteiger partial charge in [0, 0.05) is 6.54 Å². The van der Waals surface area contributed by atoms with E-state index in [9.17, 15) is 27.9 Å². The maximum absolute atomic E-state index is 13.9. The van der Waals surface area contributed by atoms with Crippen molar-refractivity contribution in [2.45, 2.75) is 18.7 Å². The highest BCUT2D eigenvalue weighted by Gasteiger charge is 2.55. The Labute approximate surface area is 204 Å². The SMILES string of the molecule is CCN(CC(O)(CNC(=O)c1cnn(-c2ccccc2)c1N)C(F)(F)F)C(=O)c1ccccc1Cl. The first kappa shape index (κ1) is 26.0. The molecule has 3 aromatic rings. The van der Waals surface area contributed by atoms with Crippen LogP contribution in [0.3, 0.4) is 0 Å². The topological polar surface area (TPSA) is 113 Å². The van der Waals surface area contributed by atoms with Crippen LogP contribution in [0.25, 0.3) is 5.69 Å². The molecule has 0 radical (unpaired) electrons. The molecule has 0 spiro atoms. The number of alkyl halides is 3. The molecule has 4 N–H and O–H groups in total. The fourth-order valence-corrected chi connectivity index (χ4v) is 3.54. The average molecular weight is 510 g/mol. The Morgan fingerprint density at radius 3 is 2.34 bits per heavy atom. The quantitative estimate of drug-likeness (QED) is 0.431. The Balaban J connectivity index is 1.79. The van der Waals surface area contributed by atoms with Crippen molar-refractivity contribution < 1.29 is 27.9 Å². The zero-order valence-electron chi connectivity index (χ0n) is 18.6. The van der Waals surface area contributed by atoms with Crippen molar-refractivity contribution in [3.8, 4) is 5.69 Å². The van der Waals surface area contributed by atoms with Gasteiger partial charge in [0.05, 0.1) is 35.6 Å². The number of hydrogen-bond acceptors (Lipinski definition) is 5. The van der Waals surface area contributed by atoms with Gasteiger partial charge >= 0.3 is 6.18 Å². The lowest BCUT2D eigenvalue weighted by Gasteiger charge is -2.35. The summed E-state index contributed by atoms with van der Waals surface area (Å²) >= 11 is 6.00. The summed E-state index contributed by atoms with van der Waals surface area (Å²) in [4.78, 5) is 26.2. The number of likely N-dealkylation sites (N-methyl/N-ethyl adjacent to an activating group) is 1. The number of amides is 2. The monoisotopic (exact) mass is 509 g/mol. The Hall–Kier alpha value is -3.57. The zero-order valence-corrected chi connectivity index (χ0v) is 19.3. The molecule has 186 valence electrons. The number of carbonyl (C=O) groups excluding carboxylic acids is 2. The van der Waals surface area contributed by atoms with Crippen molar-refractivity contribution in [2.75, 3.05) is 25.4 Å². The summed E-state index contributed by atoms with van der Waals surface area (Å²) in [6.45, 7) is -1.04. The molecule has 0 fully saturated rings.